The Bertz CT molecular complexity index is 2230. The standard InChI is InChI=1S/C20H12N2.C19H12ClN/c21-13-14-6-5-7-15(12-14)20-16-8-1-3-10-18(16)22-19-11-4-2-9-17(19)20;20-14-7-5-6-13(12-14)19-15-8-1-3-10-17(15)21-18-11-4-2-9-16(18)19/h1-12H;1-12H. The fourth-order valence-corrected chi connectivity index (χ4v) is 5.88. The van der Waals surface area contributed by atoms with E-state index in [2.05, 4.69) is 54.6 Å². The van der Waals surface area contributed by atoms with Crippen molar-refractivity contribution < 1.29 is 0 Å². The van der Waals surface area contributed by atoms with E-state index in [0.717, 1.165) is 65.3 Å². The Kier molecular flexibility index (Phi) is 6.97. The van der Waals surface area contributed by atoms with E-state index in [0.29, 0.717) is 5.56 Å². The van der Waals surface area contributed by atoms with Gasteiger partial charge in [0.25, 0.3) is 0 Å². The van der Waals surface area contributed by atoms with Crippen molar-refractivity contribution in [2.24, 2.45) is 0 Å². The van der Waals surface area contributed by atoms with Gasteiger partial charge < -0.3 is 0 Å². The lowest BCUT2D eigenvalue weighted by Crippen LogP contribution is -1.89. The highest BCUT2D eigenvalue weighted by molar-refractivity contribution is 6.31. The van der Waals surface area contributed by atoms with Crippen LogP contribution in [0.4, 0.5) is 0 Å². The van der Waals surface area contributed by atoms with E-state index >= 15 is 0 Å². The molecule has 0 spiro atoms. The lowest BCUT2D eigenvalue weighted by molar-refractivity contribution is 1.48. The molecule has 0 atom stereocenters. The fraction of sp³-hybridized carbons (Fsp3) is 0. The van der Waals surface area contributed by atoms with E-state index in [1.165, 1.54) is 5.56 Å². The maximum absolute atomic E-state index is 9.17. The second-order valence-electron chi connectivity index (χ2n) is 10.2. The largest absolute Gasteiger partial charge is 0.248 e. The first-order valence-electron chi connectivity index (χ1n) is 14.0. The first kappa shape index (κ1) is 26.3. The van der Waals surface area contributed by atoms with Gasteiger partial charge in [-0.3, -0.25) is 0 Å². The number of nitriles is 1. The molecule has 0 saturated carbocycles. The van der Waals surface area contributed by atoms with Gasteiger partial charge in [-0.25, -0.2) is 9.97 Å². The van der Waals surface area contributed by atoms with Crippen LogP contribution in [0.3, 0.4) is 0 Å². The van der Waals surface area contributed by atoms with Crippen LogP contribution < -0.4 is 0 Å². The smallest absolute Gasteiger partial charge is 0.0991 e. The molecule has 0 bridgehead atoms. The van der Waals surface area contributed by atoms with Crippen LogP contribution in [0.5, 0.6) is 0 Å². The molecule has 43 heavy (non-hydrogen) atoms. The maximum Gasteiger partial charge on any atom is 0.0991 e. The molecule has 8 rings (SSSR count). The summed E-state index contributed by atoms with van der Waals surface area (Å²) in [7, 11) is 0. The van der Waals surface area contributed by atoms with E-state index in [4.69, 9.17) is 21.6 Å². The topological polar surface area (TPSA) is 49.6 Å². The Hall–Kier alpha value is -5.56. The molecule has 8 aromatic rings. The summed E-state index contributed by atoms with van der Waals surface area (Å²) < 4.78 is 0. The molecule has 2 aromatic heterocycles. The van der Waals surface area contributed by atoms with E-state index in [-0.39, 0.29) is 0 Å². The lowest BCUT2D eigenvalue weighted by atomic mass is 9.95. The van der Waals surface area contributed by atoms with Gasteiger partial charge in [0.15, 0.2) is 0 Å². The molecule has 3 nitrogen and oxygen atoms in total. The molecule has 6 aromatic carbocycles. The minimum atomic E-state index is 0.669. The summed E-state index contributed by atoms with van der Waals surface area (Å²) in [5.41, 5.74) is 9.13. The normalized spacial score (nSPS) is 10.9. The summed E-state index contributed by atoms with van der Waals surface area (Å²) in [5.74, 6) is 0. The van der Waals surface area contributed by atoms with Crippen molar-refractivity contribution in [3.05, 3.63) is 156 Å². The summed E-state index contributed by atoms with van der Waals surface area (Å²) in [6.07, 6.45) is 0. The third kappa shape index (κ3) is 5.06. The molecule has 0 saturated heterocycles. The third-order valence-corrected chi connectivity index (χ3v) is 7.80. The highest BCUT2D eigenvalue weighted by Crippen LogP contribution is 2.36. The zero-order valence-electron chi connectivity index (χ0n) is 23.1. The summed E-state index contributed by atoms with van der Waals surface area (Å²) >= 11 is 6.18. The number of benzene rings is 6. The molecule has 202 valence electrons. The summed E-state index contributed by atoms with van der Waals surface area (Å²) in [4.78, 5) is 9.49. The fourth-order valence-electron chi connectivity index (χ4n) is 5.69. The number of hydrogen-bond acceptors (Lipinski definition) is 3. The number of halogens is 1. The van der Waals surface area contributed by atoms with Crippen LogP contribution in [0, 0.1) is 11.3 Å². The molecule has 4 heteroatoms. The van der Waals surface area contributed by atoms with Crippen LogP contribution in [-0.2, 0) is 0 Å². The number of nitrogens with zero attached hydrogens (tertiary/aromatic N) is 3. The first-order chi connectivity index (χ1) is 21.2. The molecule has 0 aliphatic carbocycles. The highest BCUT2D eigenvalue weighted by atomic mass is 35.5. The van der Waals surface area contributed by atoms with Gasteiger partial charge in [0, 0.05) is 37.7 Å². The number of hydrogen-bond donors (Lipinski definition) is 0. The van der Waals surface area contributed by atoms with Crippen molar-refractivity contribution in [2.45, 2.75) is 0 Å². The molecule has 2 heterocycles. The molecule has 0 fully saturated rings. The van der Waals surface area contributed by atoms with Crippen LogP contribution in [-0.4, -0.2) is 9.97 Å². The average Bonchev–Trinajstić information content (AvgIpc) is 3.06. The van der Waals surface area contributed by atoms with Gasteiger partial charge in [-0.15, -0.1) is 0 Å². The molecule has 0 amide bonds. The van der Waals surface area contributed by atoms with Gasteiger partial charge in [0.2, 0.25) is 0 Å². The van der Waals surface area contributed by atoms with Crippen LogP contribution in [0.2, 0.25) is 5.02 Å². The van der Waals surface area contributed by atoms with Gasteiger partial charge in [-0.1, -0.05) is 109 Å². The van der Waals surface area contributed by atoms with Crippen molar-refractivity contribution in [1.82, 2.24) is 9.97 Å². The van der Waals surface area contributed by atoms with Crippen molar-refractivity contribution in [3.63, 3.8) is 0 Å². The van der Waals surface area contributed by atoms with Gasteiger partial charge in [0.05, 0.1) is 33.7 Å². The summed E-state index contributed by atoms with van der Waals surface area (Å²) in [5, 5.41) is 14.4. The molecule has 0 aliphatic rings. The third-order valence-electron chi connectivity index (χ3n) is 7.57. The zero-order chi connectivity index (χ0) is 29.2. The monoisotopic (exact) mass is 569 g/mol. The molecule has 0 unspecified atom stereocenters. The first-order valence-corrected chi connectivity index (χ1v) is 14.4. The number of para-hydroxylation sites is 4. The van der Waals surface area contributed by atoms with E-state index in [9.17, 15) is 5.26 Å². The Morgan fingerprint density at radius 2 is 0.837 bits per heavy atom. The second kappa shape index (κ2) is 11.4. The number of rotatable bonds is 2. The Morgan fingerprint density at radius 1 is 0.442 bits per heavy atom. The quantitative estimate of drug-likeness (QED) is 0.194. The van der Waals surface area contributed by atoms with Crippen molar-refractivity contribution >= 4 is 55.2 Å². The van der Waals surface area contributed by atoms with E-state index < -0.39 is 0 Å². The van der Waals surface area contributed by atoms with Crippen LogP contribution in [0.1, 0.15) is 5.56 Å². The van der Waals surface area contributed by atoms with Crippen molar-refractivity contribution in [2.75, 3.05) is 0 Å². The lowest BCUT2D eigenvalue weighted by Gasteiger charge is -2.11. The number of aromatic nitrogens is 2. The van der Waals surface area contributed by atoms with Crippen LogP contribution in [0.15, 0.2) is 146 Å². The molecule has 0 aliphatic heterocycles. The highest BCUT2D eigenvalue weighted by Gasteiger charge is 2.12. The zero-order valence-corrected chi connectivity index (χ0v) is 23.8. The molecular formula is C39H24ClN3. The molecule has 0 radical (unpaired) electrons. The predicted octanol–water partition coefficient (Wildman–Crippen LogP) is 10.6. The minimum absolute atomic E-state index is 0.669. The van der Waals surface area contributed by atoms with Gasteiger partial charge in [-0.2, -0.15) is 5.26 Å². The molecular weight excluding hydrogens is 546 g/mol. The van der Waals surface area contributed by atoms with Crippen molar-refractivity contribution in [3.8, 4) is 28.3 Å². The summed E-state index contributed by atoms with van der Waals surface area (Å²) in [6.45, 7) is 0. The van der Waals surface area contributed by atoms with Gasteiger partial charge in [-0.05, 0) is 59.7 Å². The Labute approximate surface area is 254 Å². The maximum atomic E-state index is 9.17. The average molecular weight is 570 g/mol. The Balaban J connectivity index is 0.000000140. The SMILES string of the molecule is Clc1cccc(-c2c3ccccc3nc3ccccc23)c1.N#Cc1cccc(-c2c3ccccc3nc3ccccc23)c1. The number of fused-ring (bicyclic) bond motifs is 4. The van der Waals surface area contributed by atoms with E-state index in [1.807, 2.05) is 97.1 Å². The summed E-state index contributed by atoms with van der Waals surface area (Å²) in [6, 6.07) is 50.7. The molecule has 0 N–H and O–H groups in total. The van der Waals surface area contributed by atoms with Crippen molar-refractivity contribution in [1.29, 1.82) is 5.26 Å². The van der Waals surface area contributed by atoms with Gasteiger partial charge >= 0.3 is 0 Å². The second-order valence-corrected chi connectivity index (χ2v) is 10.7. The minimum Gasteiger partial charge on any atom is -0.248 e. The van der Waals surface area contributed by atoms with Gasteiger partial charge in [0.1, 0.15) is 0 Å². The van der Waals surface area contributed by atoms with E-state index in [1.54, 1.807) is 0 Å². The number of pyridine rings is 2. The predicted molar refractivity (Wildman–Crippen MR) is 179 cm³/mol. The van der Waals surface area contributed by atoms with Crippen LogP contribution in [0.25, 0.3) is 65.9 Å². The van der Waals surface area contributed by atoms with Crippen LogP contribution >= 0.6 is 11.6 Å². The Morgan fingerprint density at radius 3 is 1.26 bits per heavy atom.